The number of fused-ring (bicyclic) bond motifs is 1. The summed E-state index contributed by atoms with van der Waals surface area (Å²) in [5.74, 6) is 0.790. The molecule has 3 aromatic rings. The Balaban J connectivity index is 0.00000261. The van der Waals surface area contributed by atoms with Crippen molar-refractivity contribution in [2.45, 2.75) is 24.9 Å². The lowest BCUT2D eigenvalue weighted by Gasteiger charge is -2.15. The largest absolute Gasteiger partial charge is 0.352 e. The van der Waals surface area contributed by atoms with Crippen molar-refractivity contribution in [2.24, 2.45) is 4.99 Å². The highest BCUT2D eigenvalue weighted by Gasteiger charge is 2.05. The molecule has 4 nitrogen and oxygen atoms in total. The SMILES string of the molecule is CN=C(NCc1ccc(C)cc1SC)NCc1ccnc2ccccc12.I. The highest BCUT2D eigenvalue weighted by atomic mass is 127. The van der Waals surface area contributed by atoms with Crippen molar-refractivity contribution in [3.63, 3.8) is 0 Å². The molecular weight excluding hydrogens is 467 g/mol. The lowest BCUT2D eigenvalue weighted by Crippen LogP contribution is -2.36. The van der Waals surface area contributed by atoms with Gasteiger partial charge in [-0.25, -0.2) is 0 Å². The summed E-state index contributed by atoms with van der Waals surface area (Å²) < 4.78 is 0. The number of aliphatic imine (C=N–C) groups is 1. The van der Waals surface area contributed by atoms with Crippen molar-refractivity contribution in [3.05, 3.63) is 71.4 Å². The maximum absolute atomic E-state index is 4.42. The molecule has 0 aliphatic heterocycles. The molecule has 1 heterocycles. The van der Waals surface area contributed by atoms with Gasteiger partial charge in [0.05, 0.1) is 5.52 Å². The van der Waals surface area contributed by atoms with Crippen LogP contribution in [0.15, 0.2) is 64.6 Å². The third-order valence-corrected chi connectivity index (χ3v) is 5.12. The van der Waals surface area contributed by atoms with Crippen LogP contribution in [0.1, 0.15) is 16.7 Å². The molecule has 2 N–H and O–H groups in total. The Morgan fingerprint density at radius 2 is 1.78 bits per heavy atom. The summed E-state index contributed by atoms with van der Waals surface area (Å²) in [5, 5.41) is 7.98. The Morgan fingerprint density at radius 1 is 1.04 bits per heavy atom. The molecule has 0 amide bonds. The number of thioether (sulfide) groups is 1. The van der Waals surface area contributed by atoms with Crippen LogP contribution in [-0.4, -0.2) is 24.2 Å². The zero-order valence-electron chi connectivity index (χ0n) is 15.8. The lowest BCUT2D eigenvalue weighted by molar-refractivity contribution is 0.803. The second-order valence-corrected chi connectivity index (χ2v) is 6.93. The van der Waals surface area contributed by atoms with E-state index in [-0.39, 0.29) is 24.0 Å². The number of nitrogens with zero attached hydrogens (tertiary/aromatic N) is 2. The second-order valence-electron chi connectivity index (χ2n) is 6.08. The van der Waals surface area contributed by atoms with Gasteiger partial charge >= 0.3 is 0 Å². The molecule has 0 atom stereocenters. The number of halogens is 1. The van der Waals surface area contributed by atoms with Gasteiger partial charge < -0.3 is 10.6 Å². The third kappa shape index (κ3) is 5.59. The predicted molar refractivity (Wildman–Crippen MR) is 127 cm³/mol. The van der Waals surface area contributed by atoms with E-state index in [1.807, 2.05) is 24.4 Å². The van der Waals surface area contributed by atoms with E-state index in [1.165, 1.54) is 27.0 Å². The van der Waals surface area contributed by atoms with Crippen LogP contribution in [0.5, 0.6) is 0 Å². The van der Waals surface area contributed by atoms with Crippen LogP contribution in [-0.2, 0) is 13.1 Å². The minimum absolute atomic E-state index is 0. The molecular formula is C21H25IN4S. The average molecular weight is 492 g/mol. The van der Waals surface area contributed by atoms with E-state index >= 15 is 0 Å². The smallest absolute Gasteiger partial charge is 0.191 e. The number of aryl methyl sites for hydroxylation is 1. The zero-order valence-corrected chi connectivity index (χ0v) is 19.0. The number of benzene rings is 2. The van der Waals surface area contributed by atoms with Gasteiger partial charge in [-0.2, -0.15) is 0 Å². The summed E-state index contributed by atoms with van der Waals surface area (Å²) in [7, 11) is 1.80. The number of rotatable bonds is 5. The van der Waals surface area contributed by atoms with Crippen molar-refractivity contribution >= 4 is 52.6 Å². The molecule has 0 spiro atoms. The lowest BCUT2D eigenvalue weighted by atomic mass is 10.1. The maximum atomic E-state index is 4.42. The maximum Gasteiger partial charge on any atom is 0.191 e. The topological polar surface area (TPSA) is 49.3 Å². The number of hydrogen-bond acceptors (Lipinski definition) is 3. The van der Waals surface area contributed by atoms with Gasteiger partial charge in [0.25, 0.3) is 0 Å². The minimum atomic E-state index is 0. The molecule has 1 aromatic heterocycles. The molecule has 27 heavy (non-hydrogen) atoms. The van der Waals surface area contributed by atoms with Crippen LogP contribution in [0.2, 0.25) is 0 Å². The number of guanidine groups is 1. The van der Waals surface area contributed by atoms with Crippen molar-refractivity contribution in [2.75, 3.05) is 13.3 Å². The first-order valence-corrected chi connectivity index (χ1v) is 9.84. The van der Waals surface area contributed by atoms with Crippen LogP contribution in [0.3, 0.4) is 0 Å². The Labute approximate surface area is 182 Å². The van der Waals surface area contributed by atoms with Gasteiger partial charge in [0.1, 0.15) is 0 Å². The van der Waals surface area contributed by atoms with Gasteiger partial charge in [-0.15, -0.1) is 35.7 Å². The van der Waals surface area contributed by atoms with E-state index in [9.17, 15) is 0 Å². The molecule has 0 unspecified atom stereocenters. The predicted octanol–water partition coefficient (Wildman–Crippen LogP) is 4.75. The molecule has 0 fully saturated rings. The first-order chi connectivity index (χ1) is 12.7. The third-order valence-electron chi connectivity index (χ3n) is 4.30. The number of nitrogens with one attached hydrogen (secondary N) is 2. The van der Waals surface area contributed by atoms with E-state index in [2.05, 4.69) is 64.1 Å². The molecule has 0 bridgehead atoms. The van der Waals surface area contributed by atoms with E-state index < -0.39 is 0 Å². The number of para-hydroxylation sites is 1. The summed E-state index contributed by atoms with van der Waals surface area (Å²) in [6, 6.07) is 16.8. The van der Waals surface area contributed by atoms with Crippen molar-refractivity contribution in [1.82, 2.24) is 15.6 Å². The van der Waals surface area contributed by atoms with Gasteiger partial charge in [0.2, 0.25) is 0 Å². The molecule has 0 saturated carbocycles. The second kappa shape index (κ2) is 10.5. The average Bonchev–Trinajstić information content (AvgIpc) is 2.68. The Kier molecular flexibility index (Phi) is 8.37. The first-order valence-electron chi connectivity index (χ1n) is 8.62. The fourth-order valence-corrected chi connectivity index (χ4v) is 3.59. The number of pyridine rings is 1. The molecule has 0 radical (unpaired) electrons. The first kappa shape index (κ1) is 21.5. The Morgan fingerprint density at radius 3 is 2.52 bits per heavy atom. The molecule has 2 aromatic carbocycles. The summed E-state index contributed by atoms with van der Waals surface area (Å²) in [4.78, 5) is 10.1. The van der Waals surface area contributed by atoms with Crippen LogP contribution < -0.4 is 10.6 Å². The fraction of sp³-hybridized carbons (Fsp3) is 0.238. The highest BCUT2D eigenvalue weighted by Crippen LogP contribution is 2.21. The van der Waals surface area contributed by atoms with Gasteiger partial charge in [0.15, 0.2) is 5.96 Å². The molecule has 0 saturated heterocycles. The van der Waals surface area contributed by atoms with E-state index in [4.69, 9.17) is 0 Å². The van der Waals surface area contributed by atoms with E-state index in [0.717, 1.165) is 18.0 Å². The Hall–Kier alpha value is -1.80. The van der Waals surface area contributed by atoms with Crippen LogP contribution >= 0.6 is 35.7 Å². The quantitative estimate of drug-likeness (QED) is 0.234. The Bertz CT molecular complexity index is 922. The molecule has 142 valence electrons. The van der Waals surface area contributed by atoms with Crippen LogP contribution in [0.4, 0.5) is 0 Å². The van der Waals surface area contributed by atoms with Gasteiger partial charge in [-0.3, -0.25) is 9.98 Å². The van der Waals surface area contributed by atoms with Gasteiger partial charge in [-0.05, 0) is 48.1 Å². The minimum Gasteiger partial charge on any atom is -0.352 e. The van der Waals surface area contributed by atoms with Crippen LogP contribution in [0, 0.1) is 6.92 Å². The molecule has 0 aliphatic rings. The summed E-state index contributed by atoms with van der Waals surface area (Å²) >= 11 is 1.77. The normalized spacial score (nSPS) is 11.1. The summed E-state index contributed by atoms with van der Waals surface area (Å²) in [5.41, 5.74) is 4.78. The number of hydrogen-bond donors (Lipinski definition) is 2. The molecule has 0 aliphatic carbocycles. The molecule has 3 rings (SSSR count). The highest BCUT2D eigenvalue weighted by molar-refractivity contribution is 14.0. The zero-order chi connectivity index (χ0) is 18.4. The summed E-state index contributed by atoms with van der Waals surface area (Å²) in [6.45, 7) is 3.57. The van der Waals surface area contributed by atoms with Crippen molar-refractivity contribution < 1.29 is 0 Å². The van der Waals surface area contributed by atoms with Crippen LogP contribution in [0.25, 0.3) is 10.9 Å². The van der Waals surface area contributed by atoms with Crippen molar-refractivity contribution in [3.8, 4) is 0 Å². The molecule has 6 heteroatoms. The monoisotopic (exact) mass is 492 g/mol. The summed E-state index contributed by atoms with van der Waals surface area (Å²) in [6.07, 6.45) is 3.96. The van der Waals surface area contributed by atoms with E-state index in [0.29, 0.717) is 6.54 Å². The van der Waals surface area contributed by atoms with Gasteiger partial charge in [0, 0.05) is 36.6 Å². The van der Waals surface area contributed by atoms with E-state index in [1.54, 1.807) is 18.8 Å². The van der Waals surface area contributed by atoms with Gasteiger partial charge in [-0.1, -0.05) is 30.3 Å². The standard InChI is InChI=1S/C21H24N4S.HI/c1-15-8-9-17(20(12-15)26-3)14-25-21(22-2)24-13-16-10-11-23-19-7-5-4-6-18(16)19;/h4-12H,13-14H2,1-3H3,(H2,22,24,25);1H. The fourth-order valence-electron chi connectivity index (χ4n) is 2.89. The van der Waals surface area contributed by atoms with Crippen molar-refractivity contribution in [1.29, 1.82) is 0 Å². The number of aromatic nitrogens is 1.